The lowest BCUT2D eigenvalue weighted by Crippen LogP contribution is -2.57. The average molecular weight is 340 g/mol. The van der Waals surface area contributed by atoms with E-state index in [2.05, 4.69) is 15.0 Å². The number of unbranched alkanes of at least 4 members (excludes halogenated alkanes) is 1. The Morgan fingerprint density at radius 1 is 1.33 bits per heavy atom. The maximum Gasteiger partial charge on any atom is 0.402 e. The Balaban J connectivity index is 2.65. The Labute approximate surface area is 140 Å². The van der Waals surface area contributed by atoms with Crippen LogP contribution in [0.5, 0.6) is 0 Å². The van der Waals surface area contributed by atoms with Crippen molar-refractivity contribution in [3.8, 4) is 0 Å². The fraction of sp³-hybridized carbons (Fsp3) is 0.588. The molecule has 0 aliphatic carbocycles. The smallest absolute Gasteiger partial charge is 0.309 e. The summed E-state index contributed by atoms with van der Waals surface area (Å²) in [6, 6.07) is 1.49. The van der Waals surface area contributed by atoms with Crippen molar-refractivity contribution in [2.75, 3.05) is 0 Å². The molecule has 0 amide bonds. The van der Waals surface area contributed by atoms with Crippen molar-refractivity contribution in [1.29, 1.82) is 0 Å². The molecule has 0 saturated heterocycles. The van der Waals surface area contributed by atoms with E-state index in [4.69, 9.17) is 5.73 Å². The molecule has 24 heavy (non-hydrogen) atoms. The van der Waals surface area contributed by atoms with E-state index in [-0.39, 0.29) is 11.3 Å². The van der Waals surface area contributed by atoms with Crippen molar-refractivity contribution in [3.63, 3.8) is 0 Å². The first-order valence-corrected chi connectivity index (χ1v) is 8.22. The maximum absolute atomic E-state index is 14.4. The molecule has 0 radical (unpaired) electrons. The predicted octanol–water partition coefficient (Wildman–Crippen LogP) is 3.99. The van der Waals surface area contributed by atoms with Gasteiger partial charge in [0.2, 0.25) is 0 Å². The van der Waals surface area contributed by atoms with Crippen LogP contribution in [0.25, 0.3) is 5.57 Å². The van der Waals surface area contributed by atoms with E-state index in [0.717, 1.165) is 6.42 Å². The molecule has 0 fully saturated rings. The highest BCUT2D eigenvalue weighted by molar-refractivity contribution is 5.88. The van der Waals surface area contributed by atoms with Crippen LogP contribution < -0.4 is 5.73 Å². The van der Waals surface area contributed by atoms with Gasteiger partial charge in [0.1, 0.15) is 17.9 Å². The van der Waals surface area contributed by atoms with Gasteiger partial charge >= 0.3 is 6.18 Å². The van der Waals surface area contributed by atoms with Crippen molar-refractivity contribution in [2.24, 2.45) is 22.1 Å². The number of nitrogens with zero attached hydrogens (tertiary/aromatic N) is 3. The van der Waals surface area contributed by atoms with Crippen LogP contribution in [0.1, 0.15) is 45.2 Å². The summed E-state index contributed by atoms with van der Waals surface area (Å²) >= 11 is 0. The zero-order chi connectivity index (χ0) is 17.8. The highest BCUT2D eigenvalue weighted by Crippen LogP contribution is 2.57. The Morgan fingerprint density at radius 3 is 2.62 bits per heavy atom. The first-order valence-electron chi connectivity index (χ1n) is 8.22. The summed E-state index contributed by atoms with van der Waals surface area (Å²) in [5, 5.41) is 0. The van der Waals surface area contributed by atoms with Crippen LogP contribution in [0, 0.1) is 11.3 Å². The van der Waals surface area contributed by atoms with Gasteiger partial charge in [-0.15, -0.1) is 0 Å². The first kappa shape index (κ1) is 18.6. The number of nitrogens with two attached hydrogens (primary N) is 1. The minimum atomic E-state index is -4.53. The van der Waals surface area contributed by atoms with E-state index in [1.54, 1.807) is 6.92 Å². The number of aliphatic imine (C=N–C) groups is 1. The van der Waals surface area contributed by atoms with Crippen molar-refractivity contribution in [3.05, 3.63) is 30.4 Å². The van der Waals surface area contributed by atoms with Gasteiger partial charge in [-0.05, 0) is 30.1 Å². The van der Waals surface area contributed by atoms with Crippen LogP contribution in [0.4, 0.5) is 13.2 Å². The monoisotopic (exact) mass is 340 g/mol. The first-order chi connectivity index (χ1) is 11.4. The largest absolute Gasteiger partial charge is 0.402 e. The van der Waals surface area contributed by atoms with Crippen LogP contribution in [-0.2, 0) is 0 Å². The SMILES string of the molecule is CCCCC(CC)C1(C(F)(F)F)C(c2ccncn2)=CC=NC1N. The third-order valence-electron chi connectivity index (χ3n) is 4.77. The molecule has 0 bridgehead atoms. The molecule has 1 aliphatic rings. The molecule has 3 atom stereocenters. The van der Waals surface area contributed by atoms with Crippen LogP contribution in [-0.4, -0.2) is 28.5 Å². The van der Waals surface area contributed by atoms with E-state index < -0.39 is 23.7 Å². The highest BCUT2D eigenvalue weighted by Gasteiger charge is 2.65. The third-order valence-corrected chi connectivity index (χ3v) is 4.77. The molecule has 7 heteroatoms. The van der Waals surface area contributed by atoms with Gasteiger partial charge in [-0.3, -0.25) is 4.99 Å². The number of hydrogen-bond acceptors (Lipinski definition) is 4. The van der Waals surface area contributed by atoms with Gasteiger partial charge in [0.25, 0.3) is 0 Å². The minimum absolute atomic E-state index is 0.0860. The standard InChI is InChI=1S/C17H23F3N4/c1-3-5-6-12(4-2)16(17(18,19)20)13(7-10-23-15(16)21)14-8-9-22-11-24-14/h7-12,15H,3-6,21H2,1-2H3. The maximum atomic E-state index is 14.4. The van der Waals surface area contributed by atoms with Gasteiger partial charge in [-0.25, -0.2) is 9.97 Å². The van der Waals surface area contributed by atoms with Crippen LogP contribution in [0.2, 0.25) is 0 Å². The summed E-state index contributed by atoms with van der Waals surface area (Å²) in [4.78, 5) is 11.8. The average Bonchev–Trinajstić information content (AvgIpc) is 2.56. The number of aromatic nitrogens is 2. The summed E-state index contributed by atoms with van der Waals surface area (Å²) < 4.78 is 43.2. The summed E-state index contributed by atoms with van der Waals surface area (Å²) in [5.74, 6) is -0.661. The lowest BCUT2D eigenvalue weighted by molar-refractivity contribution is -0.227. The molecule has 2 N–H and O–H groups in total. The summed E-state index contributed by atoms with van der Waals surface area (Å²) in [5.41, 5.74) is 4.07. The normalized spacial score (nSPS) is 25.4. The minimum Gasteiger partial charge on any atom is -0.309 e. The number of alkyl halides is 3. The molecule has 2 heterocycles. The second-order valence-electron chi connectivity index (χ2n) is 6.03. The van der Waals surface area contributed by atoms with Gasteiger partial charge in [0.05, 0.1) is 5.69 Å². The molecular formula is C17H23F3N4. The zero-order valence-corrected chi connectivity index (χ0v) is 13.9. The lowest BCUT2D eigenvalue weighted by Gasteiger charge is -2.47. The summed E-state index contributed by atoms with van der Waals surface area (Å²) in [6.07, 6.45) is 1.87. The number of allylic oxidation sites excluding steroid dienone is 1. The molecule has 3 unspecified atom stereocenters. The van der Waals surface area contributed by atoms with Crippen LogP contribution >= 0.6 is 0 Å². The molecule has 0 spiro atoms. The Bertz CT molecular complexity index is 598. The quantitative estimate of drug-likeness (QED) is 0.851. The van der Waals surface area contributed by atoms with E-state index in [0.29, 0.717) is 19.3 Å². The van der Waals surface area contributed by atoms with E-state index in [1.165, 1.54) is 30.9 Å². The second kappa shape index (κ2) is 7.42. The fourth-order valence-electron chi connectivity index (χ4n) is 3.59. The Kier molecular flexibility index (Phi) is 5.74. The highest BCUT2D eigenvalue weighted by atomic mass is 19.4. The summed E-state index contributed by atoms with van der Waals surface area (Å²) in [7, 11) is 0. The molecule has 4 nitrogen and oxygen atoms in total. The van der Waals surface area contributed by atoms with Gasteiger partial charge < -0.3 is 5.73 Å². The van der Waals surface area contributed by atoms with Crippen molar-refractivity contribution in [2.45, 2.75) is 51.9 Å². The lowest BCUT2D eigenvalue weighted by atomic mass is 9.62. The van der Waals surface area contributed by atoms with Crippen molar-refractivity contribution >= 4 is 11.8 Å². The van der Waals surface area contributed by atoms with E-state index >= 15 is 0 Å². The molecule has 2 rings (SSSR count). The van der Waals surface area contributed by atoms with Crippen LogP contribution in [0.3, 0.4) is 0 Å². The predicted molar refractivity (Wildman–Crippen MR) is 88.3 cm³/mol. The molecule has 1 aliphatic heterocycles. The van der Waals surface area contributed by atoms with Gasteiger partial charge in [-0.2, -0.15) is 13.2 Å². The number of hydrogen-bond donors (Lipinski definition) is 1. The molecular weight excluding hydrogens is 317 g/mol. The van der Waals surface area contributed by atoms with Crippen molar-refractivity contribution in [1.82, 2.24) is 9.97 Å². The third kappa shape index (κ3) is 3.09. The molecule has 0 aromatic carbocycles. The number of rotatable bonds is 6. The Morgan fingerprint density at radius 2 is 2.08 bits per heavy atom. The van der Waals surface area contributed by atoms with Gasteiger partial charge in [-0.1, -0.05) is 33.1 Å². The second-order valence-corrected chi connectivity index (χ2v) is 6.03. The topological polar surface area (TPSA) is 64.2 Å². The van der Waals surface area contributed by atoms with Crippen LogP contribution in [0.15, 0.2) is 29.7 Å². The van der Waals surface area contributed by atoms with E-state index in [1.807, 2.05) is 6.92 Å². The molecule has 1 aromatic rings. The van der Waals surface area contributed by atoms with Gasteiger partial charge in [0, 0.05) is 12.4 Å². The Hall–Kier alpha value is -1.76. The number of halogens is 3. The molecule has 1 aromatic heterocycles. The summed E-state index contributed by atoms with van der Waals surface area (Å²) in [6.45, 7) is 3.74. The zero-order valence-electron chi connectivity index (χ0n) is 13.9. The molecule has 0 saturated carbocycles. The fourth-order valence-corrected chi connectivity index (χ4v) is 3.59. The van der Waals surface area contributed by atoms with E-state index in [9.17, 15) is 13.2 Å². The van der Waals surface area contributed by atoms with Crippen molar-refractivity contribution < 1.29 is 13.2 Å². The van der Waals surface area contributed by atoms with Gasteiger partial charge in [0.15, 0.2) is 0 Å². The number of dihydropyridines is 1. The molecule has 132 valence electrons.